The minimum Gasteiger partial charge on any atom is -0.352 e. The van der Waals surface area contributed by atoms with Crippen molar-refractivity contribution in [1.82, 2.24) is 10.6 Å². The van der Waals surface area contributed by atoms with Crippen molar-refractivity contribution in [2.75, 3.05) is 6.54 Å². The summed E-state index contributed by atoms with van der Waals surface area (Å²) >= 11 is 0. The van der Waals surface area contributed by atoms with E-state index in [4.69, 9.17) is 0 Å². The molecule has 0 saturated heterocycles. The third-order valence-electron chi connectivity index (χ3n) is 3.11. The Morgan fingerprint density at radius 2 is 1.93 bits per heavy atom. The van der Waals surface area contributed by atoms with Crippen LogP contribution in [0.25, 0.3) is 0 Å². The average molecular weight is 210 g/mol. The molecule has 2 aliphatic rings. The molecule has 2 saturated carbocycles. The van der Waals surface area contributed by atoms with Crippen LogP contribution in [0.15, 0.2) is 0 Å². The van der Waals surface area contributed by atoms with Crippen LogP contribution in [0.2, 0.25) is 0 Å². The summed E-state index contributed by atoms with van der Waals surface area (Å²) in [6.45, 7) is 2.07. The molecule has 2 fully saturated rings. The lowest BCUT2D eigenvalue weighted by Gasteiger charge is -2.10. The van der Waals surface area contributed by atoms with E-state index in [1.54, 1.807) is 0 Å². The highest BCUT2D eigenvalue weighted by Crippen LogP contribution is 2.36. The van der Waals surface area contributed by atoms with Gasteiger partial charge in [-0.1, -0.05) is 6.92 Å². The van der Waals surface area contributed by atoms with Crippen LogP contribution in [-0.4, -0.2) is 24.4 Å². The fraction of sp³-hybridized carbons (Fsp3) is 0.818. The molecule has 0 radical (unpaired) electrons. The van der Waals surface area contributed by atoms with E-state index in [9.17, 15) is 9.59 Å². The molecule has 2 amide bonds. The van der Waals surface area contributed by atoms with E-state index in [1.807, 2.05) is 6.92 Å². The number of hydrogen-bond acceptors (Lipinski definition) is 2. The molecule has 2 aliphatic carbocycles. The molecule has 4 nitrogen and oxygen atoms in total. The fourth-order valence-electron chi connectivity index (χ4n) is 1.65. The molecular formula is C11H18N2O2. The third-order valence-corrected chi connectivity index (χ3v) is 3.11. The summed E-state index contributed by atoms with van der Waals surface area (Å²) in [6, 6.07) is 0.371. The Hall–Kier alpha value is -1.06. The molecule has 0 aromatic carbocycles. The minimum atomic E-state index is -0.0613. The van der Waals surface area contributed by atoms with Gasteiger partial charge in [0.05, 0.1) is 6.54 Å². The van der Waals surface area contributed by atoms with Gasteiger partial charge in [0, 0.05) is 12.0 Å². The fourth-order valence-corrected chi connectivity index (χ4v) is 1.65. The van der Waals surface area contributed by atoms with E-state index in [0.717, 1.165) is 25.7 Å². The number of amides is 2. The van der Waals surface area contributed by atoms with Gasteiger partial charge in [0.2, 0.25) is 11.8 Å². The van der Waals surface area contributed by atoms with E-state index in [2.05, 4.69) is 10.6 Å². The highest BCUT2D eigenvalue weighted by molar-refractivity contribution is 5.86. The molecule has 0 bridgehead atoms. The van der Waals surface area contributed by atoms with Crippen molar-refractivity contribution in [1.29, 1.82) is 0 Å². The Bertz CT molecular complexity index is 270. The van der Waals surface area contributed by atoms with Crippen molar-refractivity contribution >= 4 is 11.8 Å². The van der Waals surface area contributed by atoms with Crippen LogP contribution in [-0.2, 0) is 9.59 Å². The van der Waals surface area contributed by atoms with E-state index in [0.29, 0.717) is 12.0 Å². The molecule has 1 atom stereocenters. The number of nitrogens with one attached hydrogen (secondary N) is 2. The van der Waals surface area contributed by atoms with Gasteiger partial charge < -0.3 is 10.6 Å². The van der Waals surface area contributed by atoms with E-state index in [-0.39, 0.29) is 24.3 Å². The topological polar surface area (TPSA) is 58.2 Å². The first-order chi connectivity index (χ1) is 7.16. The van der Waals surface area contributed by atoms with E-state index < -0.39 is 0 Å². The molecule has 2 rings (SSSR count). The monoisotopic (exact) mass is 210 g/mol. The van der Waals surface area contributed by atoms with Gasteiger partial charge in [-0.15, -0.1) is 0 Å². The van der Waals surface area contributed by atoms with Gasteiger partial charge in [0.15, 0.2) is 0 Å². The summed E-state index contributed by atoms with van der Waals surface area (Å²) < 4.78 is 0. The molecule has 0 aromatic rings. The summed E-state index contributed by atoms with van der Waals surface area (Å²) in [5, 5.41) is 5.53. The molecular weight excluding hydrogens is 192 g/mol. The van der Waals surface area contributed by atoms with Crippen LogP contribution in [0.5, 0.6) is 0 Å². The highest BCUT2D eigenvalue weighted by Gasteiger charge is 2.32. The number of hydrogen-bond donors (Lipinski definition) is 2. The van der Waals surface area contributed by atoms with Gasteiger partial charge in [-0.3, -0.25) is 9.59 Å². The van der Waals surface area contributed by atoms with Crippen LogP contribution in [0, 0.1) is 11.8 Å². The summed E-state index contributed by atoms with van der Waals surface area (Å²) in [6.07, 6.45) is 4.47. The minimum absolute atomic E-state index is 0.0171. The van der Waals surface area contributed by atoms with Gasteiger partial charge >= 0.3 is 0 Å². The van der Waals surface area contributed by atoms with Crippen molar-refractivity contribution in [2.24, 2.45) is 11.8 Å². The highest BCUT2D eigenvalue weighted by atomic mass is 16.2. The first-order valence-corrected chi connectivity index (χ1v) is 5.74. The van der Waals surface area contributed by atoms with Crippen LogP contribution >= 0.6 is 0 Å². The maximum atomic E-state index is 11.5. The summed E-state index contributed by atoms with van der Waals surface area (Å²) in [5.41, 5.74) is 0. The predicted molar refractivity (Wildman–Crippen MR) is 56.1 cm³/mol. The maximum Gasteiger partial charge on any atom is 0.239 e. The Morgan fingerprint density at radius 1 is 1.27 bits per heavy atom. The lowest BCUT2D eigenvalue weighted by atomic mass is 10.1. The second kappa shape index (κ2) is 4.21. The van der Waals surface area contributed by atoms with E-state index >= 15 is 0 Å². The lowest BCUT2D eigenvalue weighted by molar-refractivity contribution is -0.128. The SMILES string of the molecule is CC(C(=O)NCC(=O)NC1CC1)C1CC1. The van der Waals surface area contributed by atoms with E-state index in [1.165, 1.54) is 0 Å². The average Bonchev–Trinajstić information content (AvgIpc) is 3.03. The smallest absolute Gasteiger partial charge is 0.239 e. The van der Waals surface area contributed by atoms with Crippen LogP contribution in [0.1, 0.15) is 32.6 Å². The third kappa shape index (κ3) is 3.22. The molecule has 84 valence electrons. The Morgan fingerprint density at radius 3 is 2.47 bits per heavy atom. The number of carbonyl (C=O) groups excluding carboxylic acids is 2. The van der Waals surface area contributed by atoms with Gasteiger partial charge in [-0.2, -0.15) is 0 Å². The molecule has 4 heteroatoms. The quantitative estimate of drug-likeness (QED) is 0.691. The Labute approximate surface area is 89.8 Å². The number of rotatable bonds is 5. The Kier molecular flexibility index (Phi) is 2.93. The van der Waals surface area contributed by atoms with Crippen LogP contribution in [0.3, 0.4) is 0 Å². The van der Waals surface area contributed by atoms with Gasteiger partial charge in [0.1, 0.15) is 0 Å². The summed E-state index contributed by atoms with van der Waals surface area (Å²) in [4.78, 5) is 22.8. The van der Waals surface area contributed by atoms with Crippen molar-refractivity contribution < 1.29 is 9.59 Å². The van der Waals surface area contributed by atoms with Crippen molar-refractivity contribution in [2.45, 2.75) is 38.6 Å². The van der Waals surface area contributed by atoms with Gasteiger partial charge in [0.25, 0.3) is 0 Å². The van der Waals surface area contributed by atoms with Crippen molar-refractivity contribution in [3.05, 3.63) is 0 Å². The zero-order chi connectivity index (χ0) is 10.8. The molecule has 2 N–H and O–H groups in total. The molecule has 0 spiro atoms. The molecule has 0 aromatic heterocycles. The molecule has 1 unspecified atom stereocenters. The molecule has 15 heavy (non-hydrogen) atoms. The summed E-state index contributed by atoms with van der Waals surface area (Å²) in [7, 11) is 0. The first-order valence-electron chi connectivity index (χ1n) is 5.74. The van der Waals surface area contributed by atoms with Gasteiger partial charge in [-0.05, 0) is 31.6 Å². The lowest BCUT2D eigenvalue weighted by Crippen LogP contribution is -2.40. The second-order valence-electron chi connectivity index (χ2n) is 4.69. The first kappa shape index (κ1) is 10.5. The maximum absolute atomic E-state index is 11.5. The number of carbonyl (C=O) groups is 2. The van der Waals surface area contributed by atoms with Crippen molar-refractivity contribution in [3.63, 3.8) is 0 Å². The normalized spacial score (nSPS) is 21.9. The largest absolute Gasteiger partial charge is 0.352 e. The standard InChI is InChI=1S/C11H18N2O2/c1-7(8-2-3-8)11(15)12-6-10(14)13-9-4-5-9/h7-9H,2-6H2,1H3,(H,12,15)(H,13,14). The second-order valence-corrected chi connectivity index (χ2v) is 4.69. The zero-order valence-electron chi connectivity index (χ0n) is 9.08. The van der Waals surface area contributed by atoms with Gasteiger partial charge in [-0.25, -0.2) is 0 Å². The Balaban J connectivity index is 1.62. The molecule has 0 aliphatic heterocycles. The van der Waals surface area contributed by atoms with Crippen LogP contribution < -0.4 is 10.6 Å². The molecule has 0 heterocycles. The summed E-state index contributed by atoms with van der Waals surface area (Å²) in [5.74, 6) is 0.576. The zero-order valence-corrected chi connectivity index (χ0v) is 9.08. The van der Waals surface area contributed by atoms with Crippen molar-refractivity contribution in [3.8, 4) is 0 Å². The van der Waals surface area contributed by atoms with Crippen LogP contribution in [0.4, 0.5) is 0 Å². The predicted octanol–water partition coefficient (Wildman–Crippen LogP) is 0.427.